The number of carboxylic acid groups (broad SMARTS) is 1. The van der Waals surface area contributed by atoms with Crippen LogP contribution < -0.4 is 5.32 Å². The molecular weight excluding hydrogens is 248 g/mol. The van der Waals surface area contributed by atoms with Crippen molar-refractivity contribution >= 4 is 11.9 Å². The van der Waals surface area contributed by atoms with E-state index in [4.69, 9.17) is 5.11 Å². The summed E-state index contributed by atoms with van der Waals surface area (Å²) < 4.78 is 28.0. The van der Waals surface area contributed by atoms with Crippen molar-refractivity contribution < 1.29 is 28.2 Å². The summed E-state index contributed by atoms with van der Waals surface area (Å²) >= 11 is 0. The number of aliphatic carboxylic acids is 1. The molecule has 5 nitrogen and oxygen atoms in total. The van der Waals surface area contributed by atoms with Crippen molar-refractivity contribution in [2.75, 3.05) is 19.8 Å². The molecule has 7 heteroatoms. The Morgan fingerprint density at radius 1 is 1.33 bits per heavy atom. The molecule has 1 amide bonds. The first kappa shape index (κ1) is 16.8. The maximum absolute atomic E-state index is 11.7. The molecule has 18 heavy (non-hydrogen) atoms. The Bertz CT molecular complexity index is 282. The van der Waals surface area contributed by atoms with Crippen molar-refractivity contribution in [2.45, 2.75) is 33.1 Å². The number of hydrogen-bond donors (Lipinski definition) is 2. The zero-order chi connectivity index (χ0) is 14.2. The first-order chi connectivity index (χ1) is 8.23. The van der Waals surface area contributed by atoms with Crippen LogP contribution in [0.15, 0.2) is 0 Å². The number of rotatable bonds is 9. The minimum absolute atomic E-state index is 0.00936. The van der Waals surface area contributed by atoms with Gasteiger partial charge in [0.05, 0.1) is 13.0 Å². The number of hydrogen-bond acceptors (Lipinski definition) is 3. The molecule has 0 aliphatic heterocycles. The van der Waals surface area contributed by atoms with Gasteiger partial charge in [-0.25, -0.2) is 8.78 Å². The molecule has 0 heterocycles. The SMILES string of the molecule is CC(C)(CC(=O)O)CC(=O)NCCOCC(F)F. The molecule has 2 N–H and O–H groups in total. The molecule has 0 radical (unpaired) electrons. The highest BCUT2D eigenvalue weighted by atomic mass is 19.3. The fraction of sp³-hybridized carbons (Fsp3) is 0.818. The molecule has 0 aromatic heterocycles. The van der Waals surface area contributed by atoms with Crippen molar-refractivity contribution in [1.82, 2.24) is 5.32 Å². The highest BCUT2D eigenvalue weighted by molar-refractivity contribution is 5.77. The molecule has 0 unspecified atom stereocenters. The zero-order valence-corrected chi connectivity index (χ0v) is 10.5. The molecule has 0 aliphatic rings. The summed E-state index contributed by atoms with van der Waals surface area (Å²) in [7, 11) is 0. The van der Waals surface area contributed by atoms with Gasteiger partial charge in [0.15, 0.2) is 0 Å². The lowest BCUT2D eigenvalue weighted by atomic mass is 9.85. The largest absolute Gasteiger partial charge is 0.481 e. The van der Waals surface area contributed by atoms with Gasteiger partial charge >= 0.3 is 5.97 Å². The van der Waals surface area contributed by atoms with Crippen LogP contribution >= 0.6 is 0 Å². The highest BCUT2D eigenvalue weighted by Crippen LogP contribution is 2.24. The molecule has 0 aliphatic carbocycles. The third-order valence-corrected chi connectivity index (χ3v) is 2.08. The van der Waals surface area contributed by atoms with E-state index in [1.165, 1.54) is 0 Å². The van der Waals surface area contributed by atoms with Gasteiger partial charge in [0.2, 0.25) is 5.91 Å². The van der Waals surface area contributed by atoms with Gasteiger partial charge in [0, 0.05) is 13.0 Å². The van der Waals surface area contributed by atoms with Crippen LogP contribution in [0.3, 0.4) is 0 Å². The summed E-state index contributed by atoms with van der Waals surface area (Å²) in [5, 5.41) is 11.1. The van der Waals surface area contributed by atoms with Crippen LogP contribution in [0.2, 0.25) is 0 Å². The van der Waals surface area contributed by atoms with Crippen LogP contribution in [0.1, 0.15) is 26.7 Å². The van der Waals surface area contributed by atoms with Crippen molar-refractivity contribution in [3.8, 4) is 0 Å². The maximum atomic E-state index is 11.7. The van der Waals surface area contributed by atoms with Crippen LogP contribution in [-0.2, 0) is 14.3 Å². The summed E-state index contributed by atoms with van der Waals surface area (Å²) in [5.41, 5.74) is -0.639. The fourth-order valence-electron chi connectivity index (χ4n) is 1.40. The van der Waals surface area contributed by atoms with E-state index in [1.54, 1.807) is 13.8 Å². The number of carbonyl (C=O) groups excluding carboxylic acids is 1. The Morgan fingerprint density at radius 3 is 2.44 bits per heavy atom. The number of alkyl halides is 2. The van der Waals surface area contributed by atoms with E-state index in [2.05, 4.69) is 10.1 Å². The predicted octanol–water partition coefficient (Wildman–Crippen LogP) is 1.28. The van der Waals surface area contributed by atoms with E-state index in [9.17, 15) is 18.4 Å². The molecule has 0 aromatic carbocycles. The lowest BCUT2D eigenvalue weighted by molar-refractivity contribution is -0.139. The van der Waals surface area contributed by atoms with E-state index in [-0.39, 0.29) is 31.9 Å². The second kappa shape index (κ2) is 7.97. The summed E-state index contributed by atoms with van der Waals surface area (Å²) in [6.07, 6.45) is -2.56. The fourth-order valence-corrected chi connectivity index (χ4v) is 1.40. The number of carboxylic acids is 1. The van der Waals surface area contributed by atoms with Crippen molar-refractivity contribution in [3.63, 3.8) is 0 Å². The Morgan fingerprint density at radius 2 is 1.94 bits per heavy atom. The number of halogens is 2. The van der Waals surface area contributed by atoms with Gasteiger partial charge in [-0.05, 0) is 5.41 Å². The van der Waals surface area contributed by atoms with Crippen molar-refractivity contribution in [3.05, 3.63) is 0 Å². The second-order valence-corrected chi connectivity index (χ2v) is 4.73. The van der Waals surface area contributed by atoms with Crippen LogP contribution in [0.4, 0.5) is 8.78 Å². The minimum Gasteiger partial charge on any atom is -0.481 e. The lowest BCUT2D eigenvalue weighted by Gasteiger charge is -2.21. The van der Waals surface area contributed by atoms with Gasteiger partial charge in [0.25, 0.3) is 6.43 Å². The van der Waals surface area contributed by atoms with Gasteiger partial charge in [-0.3, -0.25) is 9.59 Å². The molecule has 0 fully saturated rings. The summed E-state index contributed by atoms with van der Waals surface area (Å²) in [4.78, 5) is 22.0. The van der Waals surface area contributed by atoms with Gasteiger partial charge in [0.1, 0.15) is 6.61 Å². The van der Waals surface area contributed by atoms with Gasteiger partial charge in [-0.15, -0.1) is 0 Å². The number of amides is 1. The molecular formula is C11H19F2NO4. The third kappa shape index (κ3) is 9.95. The predicted molar refractivity (Wildman–Crippen MR) is 60.5 cm³/mol. The Balaban J connectivity index is 3.74. The standard InChI is InChI=1S/C11H19F2NO4/c1-11(2,6-10(16)17)5-9(15)14-3-4-18-7-8(12)13/h8H,3-7H2,1-2H3,(H,14,15)(H,16,17). The van der Waals surface area contributed by atoms with E-state index in [0.29, 0.717) is 0 Å². The lowest BCUT2D eigenvalue weighted by Crippen LogP contribution is -2.32. The van der Waals surface area contributed by atoms with E-state index >= 15 is 0 Å². The van der Waals surface area contributed by atoms with Crippen LogP contribution in [0.25, 0.3) is 0 Å². The van der Waals surface area contributed by atoms with Crippen LogP contribution in [0, 0.1) is 5.41 Å². The summed E-state index contributed by atoms with van der Waals surface area (Å²) in [6.45, 7) is 2.84. The first-order valence-corrected chi connectivity index (χ1v) is 5.57. The molecule has 0 saturated heterocycles. The number of nitrogens with one attached hydrogen (secondary N) is 1. The van der Waals surface area contributed by atoms with E-state index in [1.807, 2.05) is 0 Å². The maximum Gasteiger partial charge on any atom is 0.303 e. The molecule has 0 rings (SSSR count). The molecule has 106 valence electrons. The average Bonchev–Trinajstić information content (AvgIpc) is 2.13. The van der Waals surface area contributed by atoms with Crippen LogP contribution in [0.5, 0.6) is 0 Å². The Kier molecular flexibility index (Phi) is 7.42. The Hall–Kier alpha value is -1.24. The normalized spacial score (nSPS) is 11.6. The quantitative estimate of drug-likeness (QED) is 0.617. The number of ether oxygens (including phenoxy) is 1. The minimum atomic E-state index is -2.52. The molecule has 0 aromatic rings. The van der Waals surface area contributed by atoms with Gasteiger partial charge in [-0.1, -0.05) is 13.8 Å². The smallest absolute Gasteiger partial charge is 0.303 e. The van der Waals surface area contributed by atoms with Crippen molar-refractivity contribution in [1.29, 1.82) is 0 Å². The summed E-state index contributed by atoms with van der Waals surface area (Å²) in [6, 6.07) is 0. The monoisotopic (exact) mass is 267 g/mol. The third-order valence-electron chi connectivity index (χ3n) is 2.08. The van der Waals surface area contributed by atoms with Crippen LogP contribution in [-0.4, -0.2) is 43.2 Å². The number of carbonyl (C=O) groups is 2. The zero-order valence-electron chi connectivity index (χ0n) is 10.5. The molecule has 0 bridgehead atoms. The highest BCUT2D eigenvalue weighted by Gasteiger charge is 2.24. The van der Waals surface area contributed by atoms with Gasteiger partial charge in [-0.2, -0.15) is 0 Å². The Labute approximate surface area is 105 Å². The topological polar surface area (TPSA) is 75.6 Å². The van der Waals surface area contributed by atoms with E-state index < -0.39 is 24.4 Å². The average molecular weight is 267 g/mol. The molecule has 0 saturated carbocycles. The summed E-state index contributed by atoms with van der Waals surface area (Å²) in [5.74, 6) is -1.28. The van der Waals surface area contributed by atoms with E-state index in [0.717, 1.165) is 0 Å². The van der Waals surface area contributed by atoms with Gasteiger partial charge < -0.3 is 15.2 Å². The first-order valence-electron chi connectivity index (χ1n) is 5.57. The molecule has 0 spiro atoms. The molecule has 0 atom stereocenters. The second-order valence-electron chi connectivity index (χ2n) is 4.73. The van der Waals surface area contributed by atoms with Crippen molar-refractivity contribution in [2.24, 2.45) is 5.41 Å².